The minimum atomic E-state index is -0.777. The zero-order valence-corrected chi connectivity index (χ0v) is 8.85. The number of nitrogen functional groups attached to an aromatic ring is 1. The number of phenolic OH excluding ortho intramolecular Hbond substituents is 1. The summed E-state index contributed by atoms with van der Waals surface area (Å²) in [5.41, 5.74) is 4.48. The van der Waals surface area contributed by atoms with Gasteiger partial charge in [-0.3, -0.25) is 14.9 Å². The van der Waals surface area contributed by atoms with Crippen LogP contribution >= 0.6 is 8.58 Å². The Hall–Kier alpha value is -1.68. The van der Waals surface area contributed by atoms with Crippen molar-refractivity contribution in [2.45, 2.75) is 0 Å². The van der Waals surface area contributed by atoms with Crippen molar-refractivity contribution in [3.8, 4) is 5.75 Å². The SMILES string of the molecule is CPC(=O)c1cc(N)cc([N+](=O)[O-])c1O. The lowest BCUT2D eigenvalue weighted by Gasteiger charge is -2.04. The van der Waals surface area contributed by atoms with Crippen molar-refractivity contribution in [3.63, 3.8) is 0 Å². The number of nitrogens with zero attached hydrogens (tertiary/aromatic N) is 1. The van der Waals surface area contributed by atoms with Gasteiger partial charge in [-0.05, 0) is 21.3 Å². The molecule has 0 aliphatic rings. The molecule has 7 heteroatoms. The Morgan fingerprint density at radius 2 is 2.20 bits per heavy atom. The third kappa shape index (κ3) is 2.22. The average molecular weight is 228 g/mol. The van der Waals surface area contributed by atoms with Gasteiger partial charge in [0.1, 0.15) is 0 Å². The number of carbonyl (C=O) groups is 1. The number of nitrogens with two attached hydrogens (primary N) is 1. The number of carbonyl (C=O) groups excluding carboxylic acids is 1. The highest BCUT2D eigenvalue weighted by Crippen LogP contribution is 2.34. The van der Waals surface area contributed by atoms with Gasteiger partial charge in [0.25, 0.3) is 0 Å². The molecular formula is C8H9N2O4P. The van der Waals surface area contributed by atoms with Crippen molar-refractivity contribution >= 4 is 25.5 Å². The van der Waals surface area contributed by atoms with E-state index < -0.39 is 16.4 Å². The summed E-state index contributed by atoms with van der Waals surface area (Å²) >= 11 is 0. The molecule has 0 heterocycles. The molecule has 1 unspecified atom stereocenters. The number of nitro benzene ring substituents is 1. The van der Waals surface area contributed by atoms with Gasteiger partial charge in [-0.25, -0.2) is 0 Å². The van der Waals surface area contributed by atoms with E-state index in [1.54, 1.807) is 6.66 Å². The number of benzene rings is 1. The van der Waals surface area contributed by atoms with E-state index in [1.807, 2.05) is 0 Å². The first-order chi connectivity index (χ1) is 6.97. The normalized spacial score (nSPS) is 10.7. The Morgan fingerprint density at radius 3 is 2.67 bits per heavy atom. The third-order valence-corrected chi connectivity index (χ3v) is 2.50. The van der Waals surface area contributed by atoms with Crippen LogP contribution in [0.3, 0.4) is 0 Å². The molecule has 0 aliphatic heterocycles. The summed E-state index contributed by atoms with van der Waals surface area (Å²) < 4.78 is 0. The van der Waals surface area contributed by atoms with Gasteiger partial charge in [-0.1, -0.05) is 0 Å². The van der Waals surface area contributed by atoms with Crippen LogP contribution in [0.25, 0.3) is 0 Å². The summed E-state index contributed by atoms with van der Waals surface area (Å²) in [5, 5.41) is 20.0. The molecule has 0 saturated heterocycles. The van der Waals surface area contributed by atoms with Gasteiger partial charge < -0.3 is 10.8 Å². The molecule has 15 heavy (non-hydrogen) atoms. The molecule has 0 aromatic heterocycles. The van der Waals surface area contributed by atoms with E-state index in [9.17, 15) is 20.0 Å². The van der Waals surface area contributed by atoms with Crippen LogP contribution < -0.4 is 5.73 Å². The van der Waals surface area contributed by atoms with Crippen LogP contribution in [-0.4, -0.2) is 22.2 Å². The Bertz CT molecular complexity index is 433. The van der Waals surface area contributed by atoms with E-state index >= 15 is 0 Å². The highest BCUT2D eigenvalue weighted by Gasteiger charge is 2.21. The molecule has 6 nitrogen and oxygen atoms in total. The second-order valence-electron chi connectivity index (χ2n) is 2.77. The number of anilines is 1. The molecule has 0 bridgehead atoms. The predicted molar refractivity (Wildman–Crippen MR) is 57.7 cm³/mol. The van der Waals surface area contributed by atoms with E-state index in [4.69, 9.17) is 5.73 Å². The first-order valence-electron chi connectivity index (χ1n) is 3.96. The molecule has 1 aromatic rings. The zero-order chi connectivity index (χ0) is 11.6. The van der Waals surface area contributed by atoms with E-state index in [0.29, 0.717) is 0 Å². The lowest BCUT2D eigenvalue weighted by molar-refractivity contribution is -0.385. The number of rotatable bonds is 3. The number of hydrogen-bond acceptors (Lipinski definition) is 5. The largest absolute Gasteiger partial charge is 0.502 e. The first-order valence-corrected chi connectivity index (χ1v) is 5.46. The maximum atomic E-state index is 11.3. The van der Waals surface area contributed by atoms with Gasteiger partial charge in [0, 0.05) is 11.8 Å². The molecular weight excluding hydrogens is 219 g/mol. The standard InChI is InChI=1S/C8H9N2O4P/c1-15-8(12)5-2-4(9)3-6(7(5)11)10(13)14/h2-3,11,15H,9H2,1H3. The quantitative estimate of drug-likeness (QED) is 0.267. The topological polar surface area (TPSA) is 106 Å². The maximum Gasteiger partial charge on any atom is 0.313 e. The average Bonchev–Trinajstić information content (AvgIpc) is 2.19. The highest BCUT2D eigenvalue weighted by molar-refractivity contribution is 7.58. The van der Waals surface area contributed by atoms with E-state index in [0.717, 1.165) is 6.07 Å². The Labute approximate surface area is 87.0 Å². The molecule has 0 radical (unpaired) electrons. The molecule has 1 aromatic carbocycles. The number of hydrogen-bond donors (Lipinski definition) is 2. The Balaban J connectivity index is 3.41. The smallest absolute Gasteiger partial charge is 0.313 e. The minimum Gasteiger partial charge on any atom is -0.502 e. The van der Waals surface area contributed by atoms with Gasteiger partial charge in [0.05, 0.1) is 10.5 Å². The molecule has 0 saturated carbocycles. The Kier molecular flexibility index (Phi) is 3.21. The first kappa shape index (κ1) is 11.4. The summed E-state index contributed by atoms with van der Waals surface area (Å²) in [5.74, 6) is -0.617. The summed E-state index contributed by atoms with van der Waals surface area (Å²) in [6.45, 7) is 1.62. The summed E-state index contributed by atoms with van der Waals surface area (Å²) in [4.78, 5) is 21.1. The minimum absolute atomic E-state index is 0.0844. The van der Waals surface area contributed by atoms with Crippen molar-refractivity contribution < 1.29 is 14.8 Å². The fourth-order valence-corrected chi connectivity index (χ4v) is 1.55. The van der Waals surface area contributed by atoms with E-state index in [-0.39, 0.29) is 25.4 Å². The van der Waals surface area contributed by atoms with Crippen LogP contribution in [0, 0.1) is 10.1 Å². The van der Waals surface area contributed by atoms with Gasteiger partial charge in [-0.15, -0.1) is 0 Å². The number of nitro groups is 1. The molecule has 1 rings (SSSR count). The van der Waals surface area contributed by atoms with Crippen LogP contribution in [0.5, 0.6) is 5.75 Å². The zero-order valence-electron chi connectivity index (χ0n) is 7.85. The van der Waals surface area contributed by atoms with Gasteiger partial charge in [-0.2, -0.15) is 0 Å². The van der Waals surface area contributed by atoms with Crippen LogP contribution in [0.1, 0.15) is 10.4 Å². The maximum absolute atomic E-state index is 11.3. The monoisotopic (exact) mass is 228 g/mol. The summed E-state index contributed by atoms with van der Waals surface area (Å²) in [6, 6.07) is 2.26. The number of phenols is 1. The molecule has 0 spiro atoms. The Morgan fingerprint density at radius 1 is 1.60 bits per heavy atom. The molecule has 80 valence electrons. The van der Waals surface area contributed by atoms with Crippen LogP contribution in [0.4, 0.5) is 11.4 Å². The van der Waals surface area contributed by atoms with Crippen molar-refractivity contribution in [3.05, 3.63) is 27.8 Å². The second-order valence-corrected chi connectivity index (χ2v) is 3.73. The number of aromatic hydroxyl groups is 1. The second kappa shape index (κ2) is 4.23. The van der Waals surface area contributed by atoms with E-state index in [2.05, 4.69) is 0 Å². The molecule has 0 fully saturated rings. The fraction of sp³-hybridized carbons (Fsp3) is 0.125. The molecule has 1 atom stereocenters. The molecule has 0 aliphatic carbocycles. The van der Waals surface area contributed by atoms with Crippen LogP contribution in [0.15, 0.2) is 12.1 Å². The van der Waals surface area contributed by atoms with Gasteiger partial charge in [0.2, 0.25) is 5.75 Å². The highest BCUT2D eigenvalue weighted by atomic mass is 31.1. The van der Waals surface area contributed by atoms with Gasteiger partial charge >= 0.3 is 5.69 Å². The summed E-state index contributed by atoms with van der Waals surface area (Å²) in [7, 11) is -0.0854. The van der Waals surface area contributed by atoms with Crippen molar-refractivity contribution in [2.75, 3.05) is 12.4 Å². The van der Waals surface area contributed by atoms with E-state index in [1.165, 1.54) is 6.07 Å². The third-order valence-electron chi connectivity index (χ3n) is 1.78. The predicted octanol–water partition coefficient (Wildman–Crippen LogP) is 1.33. The van der Waals surface area contributed by atoms with Crippen LogP contribution in [-0.2, 0) is 0 Å². The van der Waals surface area contributed by atoms with Crippen LogP contribution in [0.2, 0.25) is 0 Å². The lowest BCUT2D eigenvalue weighted by atomic mass is 10.1. The molecule has 0 amide bonds. The van der Waals surface area contributed by atoms with Gasteiger partial charge in [0.15, 0.2) is 5.52 Å². The van der Waals surface area contributed by atoms with Crippen molar-refractivity contribution in [1.29, 1.82) is 0 Å². The fourth-order valence-electron chi connectivity index (χ4n) is 1.09. The summed E-state index contributed by atoms with van der Waals surface area (Å²) in [6.07, 6.45) is 0. The van der Waals surface area contributed by atoms with Crippen molar-refractivity contribution in [1.82, 2.24) is 0 Å². The molecule has 3 N–H and O–H groups in total. The van der Waals surface area contributed by atoms with Crippen molar-refractivity contribution in [2.24, 2.45) is 0 Å². The lowest BCUT2D eigenvalue weighted by Crippen LogP contribution is -1.99.